The Morgan fingerprint density at radius 1 is 1.14 bits per heavy atom. The summed E-state index contributed by atoms with van der Waals surface area (Å²) >= 11 is 0. The molecule has 0 heterocycles. The van der Waals surface area contributed by atoms with Gasteiger partial charge in [-0.1, -0.05) is 6.07 Å². The van der Waals surface area contributed by atoms with Crippen molar-refractivity contribution in [3.63, 3.8) is 0 Å². The highest BCUT2D eigenvalue weighted by Gasteiger charge is 2.17. The molecule has 1 aromatic rings. The summed E-state index contributed by atoms with van der Waals surface area (Å²) in [7, 11) is -2.19. The van der Waals surface area contributed by atoms with Crippen molar-refractivity contribution >= 4 is 21.7 Å². The Bertz CT molecular complexity index is 787. The van der Waals surface area contributed by atoms with Crippen molar-refractivity contribution in [2.75, 3.05) is 33.2 Å². The molecule has 0 fully saturated rings. The molecule has 1 rings (SSSR count). The number of hydrogen-bond acceptors (Lipinski definition) is 6. The highest BCUT2D eigenvalue weighted by atomic mass is 32.2. The standard InChI is InChI=1S/C18H32N6O4S/c1-14(2)23(15(3)4)12-11-21-18(19-5)20-9-10-22-29(27,28)17-8-6-7-16(13-17)24(25)26/h6-8,13-15,22H,9-12H2,1-5H3,(H2,19,20,21). The molecule has 0 bridgehead atoms. The van der Waals surface area contributed by atoms with E-state index < -0.39 is 14.9 Å². The molecule has 0 saturated heterocycles. The normalized spacial score (nSPS) is 12.6. The third-order valence-electron chi connectivity index (χ3n) is 4.26. The van der Waals surface area contributed by atoms with Crippen LogP contribution in [0.25, 0.3) is 0 Å². The van der Waals surface area contributed by atoms with Crippen LogP contribution in [0.15, 0.2) is 34.2 Å². The van der Waals surface area contributed by atoms with Gasteiger partial charge >= 0.3 is 0 Å². The predicted octanol–water partition coefficient (Wildman–Crippen LogP) is 1.16. The fraction of sp³-hybridized carbons (Fsp3) is 0.611. The molecule has 0 aliphatic rings. The van der Waals surface area contributed by atoms with E-state index in [9.17, 15) is 18.5 Å². The molecular weight excluding hydrogens is 396 g/mol. The molecule has 29 heavy (non-hydrogen) atoms. The van der Waals surface area contributed by atoms with Crippen molar-refractivity contribution in [2.45, 2.75) is 44.7 Å². The van der Waals surface area contributed by atoms with Gasteiger partial charge in [-0.15, -0.1) is 0 Å². The summed E-state index contributed by atoms with van der Waals surface area (Å²) in [5.74, 6) is 0.576. The van der Waals surface area contributed by atoms with Crippen LogP contribution in [-0.4, -0.2) is 69.5 Å². The lowest BCUT2D eigenvalue weighted by Crippen LogP contribution is -2.46. The van der Waals surface area contributed by atoms with Crippen molar-refractivity contribution < 1.29 is 13.3 Å². The van der Waals surface area contributed by atoms with Gasteiger partial charge in [0.25, 0.3) is 5.69 Å². The molecule has 0 radical (unpaired) electrons. The molecule has 0 saturated carbocycles. The van der Waals surface area contributed by atoms with Gasteiger partial charge in [0.05, 0.1) is 9.82 Å². The van der Waals surface area contributed by atoms with E-state index in [0.717, 1.165) is 12.6 Å². The summed E-state index contributed by atoms with van der Waals surface area (Å²) in [4.78, 5) is 16.5. The van der Waals surface area contributed by atoms with Crippen LogP contribution in [0.2, 0.25) is 0 Å². The second-order valence-electron chi connectivity index (χ2n) is 7.00. The van der Waals surface area contributed by atoms with Crippen LogP contribution >= 0.6 is 0 Å². The van der Waals surface area contributed by atoms with Crippen LogP contribution in [0.4, 0.5) is 5.69 Å². The van der Waals surface area contributed by atoms with E-state index in [1.807, 2.05) is 0 Å². The second-order valence-corrected chi connectivity index (χ2v) is 8.77. The number of nitrogens with zero attached hydrogens (tertiary/aromatic N) is 3. The van der Waals surface area contributed by atoms with Crippen LogP contribution in [0.1, 0.15) is 27.7 Å². The second kappa shape index (κ2) is 11.7. The van der Waals surface area contributed by atoms with E-state index in [4.69, 9.17) is 0 Å². The first-order valence-electron chi connectivity index (χ1n) is 9.53. The minimum Gasteiger partial charge on any atom is -0.355 e. The maximum Gasteiger partial charge on any atom is 0.270 e. The number of aliphatic imine (C=N–C) groups is 1. The average molecular weight is 429 g/mol. The maximum absolute atomic E-state index is 12.3. The number of nitro groups is 1. The lowest BCUT2D eigenvalue weighted by molar-refractivity contribution is -0.385. The Morgan fingerprint density at radius 3 is 2.31 bits per heavy atom. The van der Waals surface area contributed by atoms with E-state index in [1.165, 1.54) is 18.2 Å². The van der Waals surface area contributed by atoms with Gasteiger partial charge in [-0.2, -0.15) is 0 Å². The van der Waals surface area contributed by atoms with Gasteiger partial charge in [0.15, 0.2) is 5.96 Å². The third-order valence-corrected chi connectivity index (χ3v) is 5.72. The van der Waals surface area contributed by atoms with Crippen molar-refractivity contribution in [3.8, 4) is 0 Å². The van der Waals surface area contributed by atoms with E-state index >= 15 is 0 Å². The molecule has 0 amide bonds. The number of nitro benzene ring substituents is 1. The van der Waals surface area contributed by atoms with Crippen molar-refractivity contribution in [2.24, 2.45) is 4.99 Å². The Labute approximate surface area is 173 Å². The summed E-state index contributed by atoms with van der Waals surface area (Å²) < 4.78 is 27.0. The Kier molecular flexibility index (Phi) is 9.99. The zero-order chi connectivity index (χ0) is 22.0. The van der Waals surface area contributed by atoms with Crippen LogP contribution < -0.4 is 15.4 Å². The van der Waals surface area contributed by atoms with E-state index in [0.29, 0.717) is 31.1 Å². The molecule has 0 spiro atoms. The van der Waals surface area contributed by atoms with E-state index in [2.05, 4.69) is 52.9 Å². The Balaban J connectivity index is 2.47. The molecule has 10 nitrogen and oxygen atoms in total. The first-order valence-corrected chi connectivity index (χ1v) is 11.0. The monoisotopic (exact) mass is 428 g/mol. The largest absolute Gasteiger partial charge is 0.355 e. The maximum atomic E-state index is 12.3. The summed E-state index contributed by atoms with van der Waals surface area (Å²) in [5, 5.41) is 17.1. The average Bonchev–Trinajstić information content (AvgIpc) is 2.66. The fourth-order valence-corrected chi connectivity index (χ4v) is 3.92. The molecule has 3 N–H and O–H groups in total. The molecular formula is C18H32N6O4S. The minimum atomic E-state index is -3.83. The number of non-ortho nitro benzene ring substituents is 1. The third kappa shape index (κ3) is 8.34. The van der Waals surface area contributed by atoms with Crippen LogP contribution in [0.3, 0.4) is 0 Å². The molecule has 11 heteroatoms. The molecule has 0 unspecified atom stereocenters. The van der Waals surface area contributed by atoms with Gasteiger partial charge in [-0.3, -0.25) is 20.0 Å². The lowest BCUT2D eigenvalue weighted by Gasteiger charge is -2.30. The molecule has 0 atom stereocenters. The number of hydrogen-bond donors (Lipinski definition) is 3. The van der Waals surface area contributed by atoms with Gasteiger partial charge in [0.2, 0.25) is 10.0 Å². The van der Waals surface area contributed by atoms with E-state index in [-0.39, 0.29) is 17.1 Å². The number of rotatable bonds is 11. The van der Waals surface area contributed by atoms with E-state index in [1.54, 1.807) is 7.05 Å². The minimum absolute atomic E-state index is 0.107. The molecule has 0 aromatic heterocycles. The summed E-state index contributed by atoms with van der Waals surface area (Å²) in [6.07, 6.45) is 0. The van der Waals surface area contributed by atoms with Gasteiger partial charge in [-0.25, -0.2) is 13.1 Å². The molecule has 0 aliphatic carbocycles. The molecule has 0 aliphatic heterocycles. The summed E-state index contributed by atoms with van der Waals surface area (Å²) in [5.41, 5.74) is -0.271. The highest BCUT2D eigenvalue weighted by molar-refractivity contribution is 7.89. The predicted molar refractivity (Wildman–Crippen MR) is 115 cm³/mol. The van der Waals surface area contributed by atoms with Crippen molar-refractivity contribution in [1.29, 1.82) is 0 Å². The topological polar surface area (TPSA) is 129 Å². The van der Waals surface area contributed by atoms with Crippen LogP contribution in [-0.2, 0) is 10.0 Å². The van der Waals surface area contributed by atoms with Gasteiger partial charge < -0.3 is 10.6 Å². The first-order chi connectivity index (χ1) is 13.6. The number of sulfonamides is 1. The SMILES string of the molecule is CN=C(NCCNS(=O)(=O)c1cccc([N+](=O)[O-])c1)NCCN(C(C)C)C(C)C. The Morgan fingerprint density at radius 2 is 1.76 bits per heavy atom. The Hall–Kier alpha value is -2.24. The van der Waals surface area contributed by atoms with Crippen molar-refractivity contribution in [3.05, 3.63) is 34.4 Å². The highest BCUT2D eigenvalue weighted by Crippen LogP contribution is 2.16. The van der Waals surface area contributed by atoms with Crippen LogP contribution in [0.5, 0.6) is 0 Å². The number of benzene rings is 1. The fourth-order valence-electron chi connectivity index (χ4n) is 2.85. The van der Waals surface area contributed by atoms with Crippen LogP contribution in [0, 0.1) is 10.1 Å². The van der Waals surface area contributed by atoms with Gasteiger partial charge in [-0.05, 0) is 33.8 Å². The van der Waals surface area contributed by atoms with Gasteiger partial charge in [0.1, 0.15) is 0 Å². The first kappa shape index (κ1) is 24.8. The quantitative estimate of drug-likeness (QED) is 0.159. The summed E-state index contributed by atoms with van der Waals surface area (Å²) in [6, 6.07) is 5.82. The summed E-state index contributed by atoms with van der Waals surface area (Å²) in [6.45, 7) is 10.6. The number of nitrogens with one attached hydrogen (secondary N) is 3. The van der Waals surface area contributed by atoms with Crippen molar-refractivity contribution in [1.82, 2.24) is 20.3 Å². The number of guanidine groups is 1. The molecule has 1 aromatic carbocycles. The molecule has 164 valence electrons. The zero-order valence-corrected chi connectivity index (χ0v) is 18.5. The lowest BCUT2D eigenvalue weighted by atomic mass is 10.2. The zero-order valence-electron chi connectivity index (χ0n) is 17.7. The van der Waals surface area contributed by atoms with Gasteiger partial charge in [0, 0.05) is 57.4 Å². The smallest absolute Gasteiger partial charge is 0.270 e.